The van der Waals surface area contributed by atoms with Gasteiger partial charge in [-0.05, 0) is 31.5 Å². The molecule has 100 valence electrons. The molecular formula is C14H15NO3S. The fraction of sp³-hybridized carbons (Fsp3) is 0.357. The smallest absolute Gasteiger partial charge is 0.161 e. The number of hydrogen-bond acceptors (Lipinski definition) is 5. The summed E-state index contributed by atoms with van der Waals surface area (Å²) in [5.41, 5.74) is 1.68. The van der Waals surface area contributed by atoms with Crippen LogP contribution in [0.25, 0.3) is 0 Å². The monoisotopic (exact) mass is 277 g/mol. The Hall–Kier alpha value is -1.59. The van der Waals surface area contributed by atoms with E-state index in [9.17, 15) is 5.11 Å². The van der Waals surface area contributed by atoms with Crippen LogP contribution < -0.4 is 9.47 Å². The summed E-state index contributed by atoms with van der Waals surface area (Å²) < 4.78 is 11.0. The van der Waals surface area contributed by atoms with E-state index in [4.69, 9.17) is 9.47 Å². The number of ether oxygens (including phenoxy) is 2. The number of aryl methyl sites for hydroxylation is 2. The zero-order valence-corrected chi connectivity index (χ0v) is 11.7. The lowest BCUT2D eigenvalue weighted by atomic mass is 10.1. The summed E-state index contributed by atoms with van der Waals surface area (Å²) in [5.74, 6) is 1.43. The van der Waals surface area contributed by atoms with E-state index in [0.29, 0.717) is 19.0 Å². The molecule has 2 heterocycles. The lowest BCUT2D eigenvalue weighted by Crippen LogP contribution is -2.15. The minimum Gasteiger partial charge on any atom is -0.486 e. The maximum atomic E-state index is 10.5. The van der Waals surface area contributed by atoms with Gasteiger partial charge in [-0.15, -0.1) is 11.3 Å². The third-order valence-corrected chi connectivity index (χ3v) is 4.20. The molecule has 0 bridgehead atoms. The van der Waals surface area contributed by atoms with Crippen molar-refractivity contribution in [1.29, 1.82) is 0 Å². The van der Waals surface area contributed by atoms with E-state index in [1.165, 1.54) is 11.3 Å². The Morgan fingerprint density at radius 2 is 1.95 bits per heavy atom. The number of benzene rings is 1. The maximum absolute atomic E-state index is 10.5. The van der Waals surface area contributed by atoms with Crippen LogP contribution in [-0.2, 0) is 0 Å². The summed E-state index contributed by atoms with van der Waals surface area (Å²) >= 11 is 1.52. The molecule has 1 N–H and O–H groups in total. The topological polar surface area (TPSA) is 51.6 Å². The van der Waals surface area contributed by atoms with Crippen LogP contribution in [0.3, 0.4) is 0 Å². The Morgan fingerprint density at radius 1 is 1.21 bits per heavy atom. The van der Waals surface area contributed by atoms with Gasteiger partial charge in [0.15, 0.2) is 11.5 Å². The number of hydrogen-bond donors (Lipinski definition) is 1. The minimum absolute atomic E-state index is 0.547. The third-order valence-electron chi connectivity index (χ3n) is 3.07. The second kappa shape index (κ2) is 4.83. The van der Waals surface area contributed by atoms with Crippen LogP contribution in [0.15, 0.2) is 18.2 Å². The lowest BCUT2D eigenvalue weighted by Gasteiger charge is -2.20. The average Bonchev–Trinajstić information content (AvgIpc) is 2.76. The second-order valence-electron chi connectivity index (χ2n) is 4.49. The average molecular weight is 277 g/mol. The van der Waals surface area contributed by atoms with Crippen LogP contribution >= 0.6 is 11.3 Å². The van der Waals surface area contributed by atoms with Gasteiger partial charge in [0, 0.05) is 0 Å². The van der Waals surface area contributed by atoms with Gasteiger partial charge >= 0.3 is 0 Å². The van der Waals surface area contributed by atoms with Crippen molar-refractivity contribution in [3.8, 4) is 11.5 Å². The first kappa shape index (κ1) is 12.4. The molecule has 1 aliphatic rings. The normalized spacial score (nSPS) is 15.3. The summed E-state index contributed by atoms with van der Waals surface area (Å²) in [5, 5.41) is 11.4. The molecule has 19 heavy (non-hydrogen) atoms. The van der Waals surface area contributed by atoms with E-state index in [2.05, 4.69) is 4.98 Å². The van der Waals surface area contributed by atoms with Crippen LogP contribution in [0, 0.1) is 13.8 Å². The molecule has 0 amide bonds. The van der Waals surface area contributed by atoms with Gasteiger partial charge in [-0.3, -0.25) is 0 Å². The molecule has 1 aromatic carbocycles. The molecule has 0 spiro atoms. The SMILES string of the molecule is Cc1nc(C)c(C(O)c2ccc3c(c2)OCCO3)s1. The zero-order chi connectivity index (χ0) is 13.4. The van der Waals surface area contributed by atoms with Crippen molar-refractivity contribution in [2.45, 2.75) is 20.0 Å². The van der Waals surface area contributed by atoms with Crippen molar-refractivity contribution in [1.82, 2.24) is 4.98 Å². The third kappa shape index (κ3) is 2.31. The Kier molecular flexibility index (Phi) is 3.16. The minimum atomic E-state index is -0.665. The lowest BCUT2D eigenvalue weighted by molar-refractivity contribution is 0.170. The highest BCUT2D eigenvalue weighted by Crippen LogP contribution is 2.36. The zero-order valence-electron chi connectivity index (χ0n) is 10.8. The second-order valence-corrected chi connectivity index (χ2v) is 5.72. The summed E-state index contributed by atoms with van der Waals surface area (Å²) in [4.78, 5) is 5.23. The summed E-state index contributed by atoms with van der Waals surface area (Å²) in [6.07, 6.45) is -0.665. The van der Waals surface area contributed by atoms with E-state index >= 15 is 0 Å². The van der Waals surface area contributed by atoms with Gasteiger partial charge in [0.05, 0.1) is 15.6 Å². The molecule has 1 aliphatic heterocycles. The number of aliphatic hydroxyl groups is 1. The summed E-state index contributed by atoms with van der Waals surface area (Å²) in [6.45, 7) is 4.98. The van der Waals surface area contributed by atoms with Crippen molar-refractivity contribution in [2.24, 2.45) is 0 Å². The molecule has 0 fully saturated rings. The predicted octanol–water partition coefficient (Wildman–Crippen LogP) is 2.61. The highest BCUT2D eigenvalue weighted by Gasteiger charge is 2.20. The van der Waals surface area contributed by atoms with Crippen LogP contribution in [0.2, 0.25) is 0 Å². The van der Waals surface area contributed by atoms with Crippen molar-refractivity contribution < 1.29 is 14.6 Å². The van der Waals surface area contributed by atoms with E-state index < -0.39 is 6.10 Å². The molecule has 0 saturated heterocycles. The first-order valence-electron chi connectivity index (χ1n) is 6.16. The van der Waals surface area contributed by atoms with E-state index in [1.54, 1.807) is 0 Å². The number of fused-ring (bicyclic) bond motifs is 1. The van der Waals surface area contributed by atoms with E-state index in [1.807, 2.05) is 32.0 Å². The van der Waals surface area contributed by atoms with E-state index in [-0.39, 0.29) is 0 Å². The van der Waals surface area contributed by atoms with Gasteiger partial charge in [-0.2, -0.15) is 0 Å². The van der Waals surface area contributed by atoms with Crippen molar-refractivity contribution in [3.05, 3.63) is 39.3 Å². The van der Waals surface area contributed by atoms with Crippen molar-refractivity contribution in [2.75, 3.05) is 13.2 Å². The molecular weight excluding hydrogens is 262 g/mol. The summed E-state index contributed by atoms with van der Waals surface area (Å²) in [6, 6.07) is 5.55. The number of thiazole rings is 1. The van der Waals surface area contributed by atoms with Gasteiger partial charge in [-0.25, -0.2) is 4.98 Å². The molecule has 5 heteroatoms. The van der Waals surface area contributed by atoms with Crippen LogP contribution in [0.4, 0.5) is 0 Å². The molecule has 4 nitrogen and oxygen atoms in total. The number of aromatic nitrogens is 1. The molecule has 0 saturated carbocycles. The molecule has 0 radical (unpaired) electrons. The predicted molar refractivity (Wildman–Crippen MR) is 73.1 cm³/mol. The van der Waals surface area contributed by atoms with Crippen LogP contribution in [-0.4, -0.2) is 23.3 Å². The highest BCUT2D eigenvalue weighted by molar-refractivity contribution is 7.11. The first-order chi connectivity index (χ1) is 9.15. The number of rotatable bonds is 2. The molecule has 1 unspecified atom stereocenters. The largest absolute Gasteiger partial charge is 0.486 e. The fourth-order valence-corrected chi connectivity index (χ4v) is 3.12. The Morgan fingerprint density at radius 3 is 2.63 bits per heavy atom. The number of nitrogens with zero attached hydrogens (tertiary/aromatic N) is 1. The fourth-order valence-electron chi connectivity index (χ4n) is 2.18. The van der Waals surface area contributed by atoms with Gasteiger partial charge in [-0.1, -0.05) is 6.07 Å². The molecule has 2 aromatic rings. The molecule has 1 atom stereocenters. The molecule has 3 rings (SSSR count). The van der Waals surface area contributed by atoms with Gasteiger partial charge in [0.2, 0.25) is 0 Å². The summed E-state index contributed by atoms with van der Waals surface area (Å²) in [7, 11) is 0. The van der Waals surface area contributed by atoms with Crippen LogP contribution in [0.1, 0.15) is 27.2 Å². The Labute approximate surface area is 115 Å². The Balaban J connectivity index is 1.95. The van der Waals surface area contributed by atoms with Gasteiger partial charge in [0.25, 0.3) is 0 Å². The van der Waals surface area contributed by atoms with E-state index in [0.717, 1.165) is 26.9 Å². The number of aliphatic hydroxyl groups excluding tert-OH is 1. The highest BCUT2D eigenvalue weighted by atomic mass is 32.1. The Bertz CT molecular complexity index is 609. The maximum Gasteiger partial charge on any atom is 0.161 e. The molecule has 0 aliphatic carbocycles. The molecule has 1 aromatic heterocycles. The standard InChI is InChI=1S/C14H15NO3S/c1-8-14(19-9(2)15-8)13(16)10-3-4-11-12(7-10)18-6-5-17-11/h3-4,7,13,16H,5-6H2,1-2H3. The first-order valence-corrected chi connectivity index (χ1v) is 6.98. The quantitative estimate of drug-likeness (QED) is 0.916. The van der Waals surface area contributed by atoms with Crippen molar-refractivity contribution >= 4 is 11.3 Å². The van der Waals surface area contributed by atoms with Crippen molar-refractivity contribution in [3.63, 3.8) is 0 Å². The van der Waals surface area contributed by atoms with Gasteiger partial charge < -0.3 is 14.6 Å². The van der Waals surface area contributed by atoms with Crippen LogP contribution in [0.5, 0.6) is 11.5 Å². The van der Waals surface area contributed by atoms with Gasteiger partial charge in [0.1, 0.15) is 19.3 Å².